The smallest absolute Gasteiger partial charge is 0.147 e. The van der Waals surface area contributed by atoms with Crippen LogP contribution in [0.5, 0.6) is 0 Å². The molecule has 3 aromatic rings. The Kier molecular flexibility index (Phi) is 3.13. The maximum absolute atomic E-state index is 13.6. The Morgan fingerprint density at radius 3 is 2.74 bits per heavy atom. The fourth-order valence-electron chi connectivity index (χ4n) is 1.94. The molecule has 0 amide bonds. The number of furan rings is 1. The van der Waals surface area contributed by atoms with Crippen LogP contribution >= 0.6 is 11.6 Å². The highest BCUT2D eigenvalue weighted by atomic mass is 35.5. The first-order valence-corrected chi connectivity index (χ1v) is 6.26. The Bertz CT molecular complexity index is 690. The van der Waals surface area contributed by atoms with Crippen molar-refractivity contribution in [3.05, 3.63) is 65.1 Å². The zero-order valence-electron chi connectivity index (χ0n) is 9.99. The topological polar surface area (TPSA) is 25.2 Å². The van der Waals surface area contributed by atoms with Gasteiger partial charge in [0.15, 0.2) is 0 Å². The predicted molar refractivity (Wildman–Crippen MR) is 75.0 cm³/mol. The minimum Gasteiger partial charge on any atom is -0.459 e. The summed E-state index contributed by atoms with van der Waals surface area (Å²) in [7, 11) is 0. The minimum atomic E-state index is -0.372. The van der Waals surface area contributed by atoms with Crippen molar-refractivity contribution in [2.45, 2.75) is 6.54 Å². The lowest BCUT2D eigenvalue weighted by Crippen LogP contribution is -2.00. The second-order valence-electron chi connectivity index (χ2n) is 4.23. The number of anilines is 1. The highest BCUT2D eigenvalue weighted by Gasteiger charge is 2.05. The molecule has 0 aliphatic heterocycles. The molecule has 3 rings (SSSR count). The van der Waals surface area contributed by atoms with Crippen LogP contribution in [-0.2, 0) is 6.54 Å². The van der Waals surface area contributed by atoms with Gasteiger partial charge in [0.2, 0.25) is 0 Å². The molecule has 0 saturated heterocycles. The molecule has 0 unspecified atom stereocenters. The maximum atomic E-state index is 13.6. The molecule has 1 heterocycles. The highest BCUT2D eigenvalue weighted by Crippen LogP contribution is 2.22. The molecule has 0 saturated carbocycles. The molecular formula is C15H11ClFNO. The highest BCUT2D eigenvalue weighted by molar-refractivity contribution is 6.30. The summed E-state index contributed by atoms with van der Waals surface area (Å²) in [5.41, 5.74) is 1.24. The van der Waals surface area contributed by atoms with Crippen LogP contribution in [0.25, 0.3) is 11.0 Å². The third-order valence-corrected chi connectivity index (χ3v) is 3.10. The summed E-state index contributed by atoms with van der Waals surface area (Å²) in [5, 5.41) is 4.41. The van der Waals surface area contributed by atoms with Gasteiger partial charge in [0, 0.05) is 10.4 Å². The normalized spacial score (nSPS) is 10.8. The first-order chi connectivity index (χ1) is 9.22. The number of benzene rings is 2. The van der Waals surface area contributed by atoms with Gasteiger partial charge in [-0.1, -0.05) is 29.8 Å². The van der Waals surface area contributed by atoms with Crippen LogP contribution in [0.4, 0.5) is 10.1 Å². The molecule has 2 nitrogen and oxygen atoms in total. The van der Waals surface area contributed by atoms with E-state index in [1.807, 2.05) is 30.3 Å². The van der Waals surface area contributed by atoms with Crippen LogP contribution in [0, 0.1) is 5.82 Å². The summed E-state index contributed by atoms with van der Waals surface area (Å²) in [5.74, 6) is 0.388. The second-order valence-corrected chi connectivity index (χ2v) is 4.66. The van der Waals surface area contributed by atoms with Crippen LogP contribution in [0.1, 0.15) is 5.76 Å². The van der Waals surface area contributed by atoms with Gasteiger partial charge < -0.3 is 9.73 Å². The Hall–Kier alpha value is -2.00. The Morgan fingerprint density at radius 2 is 1.95 bits per heavy atom. The van der Waals surface area contributed by atoms with Gasteiger partial charge in [0.25, 0.3) is 0 Å². The lowest BCUT2D eigenvalue weighted by atomic mass is 10.2. The summed E-state index contributed by atoms with van der Waals surface area (Å²) in [4.78, 5) is 0. The zero-order valence-corrected chi connectivity index (χ0v) is 10.7. The molecule has 0 bridgehead atoms. The Labute approximate surface area is 114 Å². The zero-order chi connectivity index (χ0) is 13.2. The van der Waals surface area contributed by atoms with E-state index in [1.165, 1.54) is 6.07 Å². The van der Waals surface area contributed by atoms with Crippen LogP contribution < -0.4 is 5.32 Å². The molecule has 19 heavy (non-hydrogen) atoms. The van der Waals surface area contributed by atoms with E-state index >= 15 is 0 Å². The van der Waals surface area contributed by atoms with Crippen molar-refractivity contribution in [1.82, 2.24) is 0 Å². The molecule has 0 aliphatic rings. The van der Waals surface area contributed by atoms with Crippen LogP contribution in [0.15, 0.2) is 52.9 Å². The van der Waals surface area contributed by atoms with Gasteiger partial charge in [-0.25, -0.2) is 4.39 Å². The van der Waals surface area contributed by atoms with Crippen LogP contribution in [0.3, 0.4) is 0 Å². The number of hydrogen-bond donors (Lipinski definition) is 1. The summed E-state index contributed by atoms with van der Waals surface area (Å²) >= 11 is 5.70. The van der Waals surface area contributed by atoms with Crippen molar-refractivity contribution in [3.8, 4) is 0 Å². The first kappa shape index (κ1) is 12.1. The standard InChI is InChI=1S/C15H11ClFNO/c16-11-5-6-14(13(17)8-11)18-9-12-7-10-3-1-2-4-15(10)19-12/h1-8,18H,9H2. The van der Waals surface area contributed by atoms with Gasteiger partial charge in [0.05, 0.1) is 12.2 Å². The largest absolute Gasteiger partial charge is 0.459 e. The van der Waals surface area contributed by atoms with Gasteiger partial charge in [-0.2, -0.15) is 0 Å². The molecule has 0 radical (unpaired) electrons. The maximum Gasteiger partial charge on any atom is 0.147 e. The Balaban J connectivity index is 1.78. The summed E-state index contributed by atoms with van der Waals surface area (Å²) in [6.07, 6.45) is 0. The molecule has 1 aromatic heterocycles. The number of rotatable bonds is 3. The molecule has 0 atom stereocenters. The number of halogens is 2. The predicted octanol–water partition coefficient (Wildman–Crippen LogP) is 4.84. The van der Waals surface area contributed by atoms with E-state index in [4.69, 9.17) is 16.0 Å². The van der Waals surface area contributed by atoms with E-state index < -0.39 is 0 Å². The molecule has 96 valence electrons. The average Bonchev–Trinajstić information content (AvgIpc) is 2.80. The lowest BCUT2D eigenvalue weighted by molar-refractivity contribution is 0.558. The monoisotopic (exact) mass is 275 g/mol. The number of nitrogens with one attached hydrogen (secondary N) is 1. The first-order valence-electron chi connectivity index (χ1n) is 5.89. The van der Waals surface area contributed by atoms with E-state index in [1.54, 1.807) is 12.1 Å². The van der Waals surface area contributed by atoms with E-state index in [-0.39, 0.29) is 5.82 Å². The third-order valence-electron chi connectivity index (χ3n) is 2.86. The molecular weight excluding hydrogens is 265 g/mol. The fourth-order valence-corrected chi connectivity index (χ4v) is 2.10. The summed E-state index contributed by atoms with van der Waals surface area (Å²) in [6, 6.07) is 14.2. The molecule has 4 heteroatoms. The molecule has 1 N–H and O–H groups in total. The van der Waals surface area contributed by atoms with Crippen molar-refractivity contribution in [3.63, 3.8) is 0 Å². The number of para-hydroxylation sites is 1. The minimum absolute atomic E-state index is 0.372. The van der Waals surface area contributed by atoms with Crippen molar-refractivity contribution < 1.29 is 8.81 Å². The number of hydrogen-bond acceptors (Lipinski definition) is 2. The number of fused-ring (bicyclic) bond motifs is 1. The van der Waals surface area contributed by atoms with E-state index in [9.17, 15) is 4.39 Å². The molecule has 0 aliphatic carbocycles. The van der Waals surface area contributed by atoms with Gasteiger partial charge in [-0.05, 0) is 30.3 Å². The third kappa shape index (κ3) is 2.56. The van der Waals surface area contributed by atoms with Crippen molar-refractivity contribution >= 4 is 28.3 Å². The van der Waals surface area contributed by atoms with Gasteiger partial charge in [0.1, 0.15) is 17.2 Å². The summed E-state index contributed by atoms with van der Waals surface area (Å²) in [6.45, 7) is 0.424. The van der Waals surface area contributed by atoms with Crippen LogP contribution in [0.2, 0.25) is 5.02 Å². The Morgan fingerprint density at radius 1 is 1.11 bits per heavy atom. The lowest BCUT2D eigenvalue weighted by Gasteiger charge is -2.05. The molecule has 2 aromatic carbocycles. The second kappa shape index (κ2) is 4.94. The van der Waals surface area contributed by atoms with Gasteiger partial charge in [-0.3, -0.25) is 0 Å². The van der Waals surface area contributed by atoms with E-state index in [0.29, 0.717) is 17.3 Å². The quantitative estimate of drug-likeness (QED) is 0.740. The van der Waals surface area contributed by atoms with Crippen molar-refractivity contribution in [1.29, 1.82) is 0 Å². The van der Waals surface area contributed by atoms with Crippen LogP contribution in [-0.4, -0.2) is 0 Å². The van der Waals surface area contributed by atoms with Gasteiger partial charge >= 0.3 is 0 Å². The fraction of sp³-hybridized carbons (Fsp3) is 0.0667. The average molecular weight is 276 g/mol. The van der Waals surface area contributed by atoms with Gasteiger partial charge in [-0.15, -0.1) is 0 Å². The molecule has 0 spiro atoms. The SMILES string of the molecule is Fc1cc(Cl)ccc1NCc1cc2ccccc2o1. The van der Waals surface area contributed by atoms with Crippen molar-refractivity contribution in [2.24, 2.45) is 0 Å². The van der Waals surface area contributed by atoms with E-state index in [2.05, 4.69) is 5.32 Å². The van der Waals surface area contributed by atoms with Crippen molar-refractivity contribution in [2.75, 3.05) is 5.32 Å². The molecule has 0 fully saturated rings. The summed E-state index contributed by atoms with van der Waals surface area (Å²) < 4.78 is 19.2. The van der Waals surface area contributed by atoms with E-state index in [0.717, 1.165) is 16.7 Å².